The quantitative estimate of drug-likeness (QED) is 0.915. The van der Waals surface area contributed by atoms with Crippen LogP contribution in [0.4, 0.5) is 4.39 Å². The van der Waals surface area contributed by atoms with Gasteiger partial charge in [-0.2, -0.15) is 0 Å². The number of carboxylic acids is 1. The second-order valence-corrected chi connectivity index (χ2v) is 4.91. The van der Waals surface area contributed by atoms with Crippen molar-refractivity contribution in [2.24, 2.45) is 0 Å². The maximum atomic E-state index is 14.0. The molecule has 2 aromatic rings. The number of carboxylic acid groups (broad SMARTS) is 1. The van der Waals surface area contributed by atoms with Gasteiger partial charge in [-0.1, -0.05) is 30.3 Å². The zero-order valence-electron chi connectivity index (χ0n) is 12.0. The minimum atomic E-state index is -0.959. The first-order valence-electron chi connectivity index (χ1n) is 6.63. The molecule has 0 saturated heterocycles. The number of halogens is 1. The summed E-state index contributed by atoms with van der Waals surface area (Å²) in [6, 6.07) is 11.8. The molecule has 0 radical (unpaired) electrons. The van der Waals surface area contributed by atoms with Crippen LogP contribution in [0.3, 0.4) is 0 Å². The predicted molar refractivity (Wildman–Crippen MR) is 78.2 cm³/mol. The van der Waals surface area contributed by atoms with Crippen molar-refractivity contribution in [2.75, 3.05) is 7.11 Å². The summed E-state index contributed by atoms with van der Waals surface area (Å²) in [4.78, 5) is 11.5. The molecule has 2 aromatic carbocycles. The van der Waals surface area contributed by atoms with Crippen molar-refractivity contribution in [3.05, 3.63) is 65.0 Å². The van der Waals surface area contributed by atoms with E-state index in [1.807, 2.05) is 19.1 Å². The molecule has 0 fully saturated rings. The van der Waals surface area contributed by atoms with E-state index in [1.54, 1.807) is 24.3 Å². The number of rotatable bonds is 5. The third-order valence-electron chi connectivity index (χ3n) is 3.55. The van der Waals surface area contributed by atoms with Crippen LogP contribution in [-0.2, 0) is 11.2 Å². The second-order valence-electron chi connectivity index (χ2n) is 4.91. The highest BCUT2D eigenvalue weighted by atomic mass is 19.1. The maximum Gasteiger partial charge on any atom is 0.311 e. The first kappa shape index (κ1) is 15.0. The van der Waals surface area contributed by atoms with Crippen LogP contribution < -0.4 is 4.74 Å². The number of methoxy groups -OCH3 is 1. The van der Waals surface area contributed by atoms with Gasteiger partial charge >= 0.3 is 5.97 Å². The molecule has 1 atom stereocenters. The van der Waals surface area contributed by atoms with Gasteiger partial charge in [-0.05, 0) is 36.1 Å². The molecule has 21 heavy (non-hydrogen) atoms. The number of aliphatic carboxylic acids is 1. The van der Waals surface area contributed by atoms with Crippen LogP contribution in [0.25, 0.3) is 0 Å². The van der Waals surface area contributed by atoms with E-state index in [2.05, 4.69) is 0 Å². The van der Waals surface area contributed by atoms with Gasteiger partial charge in [0.25, 0.3) is 0 Å². The molecule has 0 aliphatic carbocycles. The lowest BCUT2D eigenvalue weighted by molar-refractivity contribution is -0.138. The Bertz CT molecular complexity index is 652. The van der Waals surface area contributed by atoms with Crippen molar-refractivity contribution < 1.29 is 19.0 Å². The Morgan fingerprint density at radius 3 is 2.57 bits per heavy atom. The van der Waals surface area contributed by atoms with E-state index in [0.717, 1.165) is 5.56 Å². The third-order valence-corrected chi connectivity index (χ3v) is 3.55. The Morgan fingerprint density at radius 1 is 1.29 bits per heavy atom. The number of aryl methyl sites for hydroxylation is 1. The largest absolute Gasteiger partial charge is 0.497 e. The highest BCUT2D eigenvalue weighted by molar-refractivity contribution is 5.77. The van der Waals surface area contributed by atoms with Gasteiger partial charge in [0.15, 0.2) is 0 Å². The highest BCUT2D eigenvalue weighted by Gasteiger charge is 2.23. The summed E-state index contributed by atoms with van der Waals surface area (Å²) < 4.78 is 19.0. The van der Waals surface area contributed by atoms with E-state index in [9.17, 15) is 14.3 Å². The smallest absolute Gasteiger partial charge is 0.311 e. The molecule has 4 heteroatoms. The Balaban J connectivity index is 2.34. The average molecular weight is 288 g/mol. The second kappa shape index (κ2) is 6.39. The molecular weight excluding hydrogens is 271 g/mol. The van der Waals surface area contributed by atoms with Gasteiger partial charge in [-0.25, -0.2) is 4.39 Å². The van der Waals surface area contributed by atoms with Crippen LogP contribution in [-0.4, -0.2) is 18.2 Å². The topological polar surface area (TPSA) is 46.5 Å². The van der Waals surface area contributed by atoms with Gasteiger partial charge in [0.05, 0.1) is 13.0 Å². The molecule has 0 aliphatic rings. The molecule has 0 aliphatic heterocycles. The number of hydrogen-bond donors (Lipinski definition) is 1. The average Bonchev–Trinajstić information content (AvgIpc) is 2.46. The van der Waals surface area contributed by atoms with Crippen LogP contribution in [0, 0.1) is 12.7 Å². The van der Waals surface area contributed by atoms with Crippen LogP contribution in [0.5, 0.6) is 5.75 Å². The van der Waals surface area contributed by atoms with Crippen LogP contribution in [0.15, 0.2) is 42.5 Å². The van der Waals surface area contributed by atoms with Crippen molar-refractivity contribution in [1.29, 1.82) is 0 Å². The molecule has 1 N–H and O–H groups in total. The normalized spacial score (nSPS) is 12.0. The monoisotopic (exact) mass is 288 g/mol. The van der Waals surface area contributed by atoms with Gasteiger partial charge in [-0.15, -0.1) is 0 Å². The molecular formula is C17H17FO3. The molecule has 0 aromatic heterocycles. The Kier molecular flexibility index (Phi) is 4.58. The molecule has 0 spiro atoms. The fraction of sp³-hybridized carbons (Fsp3) is 0.235. The fourth-order valence-electron chi connectivity index (χ4n) is 2.35. The molecule has 0 amide bonds. The number of hydrogen-bond acceptors (Lipinski definition) is 2. The summed E-state index contributed by atoms with van der Waals surface area (Å²) in [5.74, 6) is -1.76. The minimum Gasteiger partial charge on any atom is -0.497 e. The molecule has 0 bridgehead atoms. The van der Waals surface area contributed by atoms with E-state index in [-0.39, 0.29) is 6.42 Å². The lowest BCUT2D eigenvalue weighted by Gasteiger charge is -2.16. The van der Waals surface area contributed by atoms with E-state index >= 15 is 0 Å². The lowest BCUT2D eigenvalue weighted by Crippen LogP contribution is -2.16. The van der Waals surface area contributed by atoms with Crippen LogP contribution in [0.1, 0.15) is 22.6 Å². The molecule has 110 valence electrons. The van der Waals surface area contributed by atoms with Crippen molar-refractivity contribution >= 4 is 5.97 Å². The third kappa shape index (κ3) is 3.40. The zero-order chi connectivity index (χ0) is 15.4. The number of benzene rings is 2. The zero-order valence-corrected chi connectivity index (χ0v) is 12.0. The minimum absolute atomic E-state index is 0.107. The predicted octanol–water partition coefficient (Wildman–Crippen LogP) is 3.55. The highest BCUT2D eigenvalue weighted by Crippen LogP contribution is 2.26. The first-order chi connectivity index (χ1) is 10.0. The summed E-state index contributed by atoms with van der Waals surface area (Å²) in [7, 11) is 1.46. The van der Waals surface area contributed by atoms with Crippen molar-refractivity contribution in [3.63, 3.8) is 0 Å². The fourth-order valence-corrected chi connectivity index (χ4v) is 2.35. The number of ether oxygens (including phenoxy) is 1. The van der Waals surface area contributed by atoms with Crippen molar-refractivity contribution in [1.82, 2.24) is 0 Å². The Hall–Kier alpha value is -2.36. The Morgan fingerprint density at radius 2 is 2.00 bits per heavy atom. The standard InChI is InChI=1S/C17H17FO3/c1-11-5-3-4-6-14(11)15(17(19)20)9-12-7-8-13(21-2)10-16(12)18/h3-8,10,15H,9H2,1-2H3,(H,19,20). The van der Waals surface area contributed by atoms with Gasteiger partial charge < -0.3 is 9.84 Å². The Labute approximate surface area is 123 Å². The summed E-state index contributed by atoms with van der Waals surface area (Å²) >= 11 is 0. The van der Waals surface area contributed by atoms with Crippen LogP contribution in [0.2, 0.25) is 0 Å². The SMILES string of the molecule is COc1ccc(CC(C(=O)O)c2ccccc2C)c(F)c1. The van der Waals surface area contributed by atoms with E-state index in [0.29, 0.717) is 16.9 Å². The summed E-state index contributed by atoms with van der Waals surface area (Å²) in [5, 5.41) is 9.46. The van der Waals surface area contributed by atoms with Gasteiger partial charge in [-0.3, -0.25) is 4.79 Å². The summed E-state index contributed by atoms with van der Waals surface area (Å²) in [5.41, 5.74) is 1.96. The van der Waals surface area contributed by atoms with E-state index in [1.165, 1.54) is 13.2 Å². The molecule has 0 saturated carbocycles. The summed E-state index contributed by atoms with van der Waals surface area (Å²) in [6.45, 7) is 1.86. The van der Waals surface area contributed by atoms with Gasteiger partial charge in [0.2, 0.25) is 0 Å². The molecule has 3 nitrogen and oxygen atoms in total. The number of carbonyl (C=O) groups is 1. The lowest BCUT2D eigenvalue weighted by atomic mass is 9.89. The summed E-state index contributed by atoms with van der Waals surface area (Å²) in [6.07, 6.45) is 0.107. The van der Waals surface area contributed by atoms with Crippen molar-refractivity contribution in [2.45, 2.75) is 19.3 Å². The molecule has 2 rings (SSSR count). The van der Waals surface area contributed by atoms with Gasteiger partial charge in [0.1, 0.15) is 11.6 Å². The molecule has 0 heterocycles. The van der Waals surface area contributed by atoms with Crippen LogP contribution >= 0.6 is 0 Å². The van der Waals surface area contributed by atoms with E-state index in [4.69, 9.17) is 4.74 Å². The first-order valence-corrected chi connectivity index (χ1v) is 6.63. The maximum absolute atomic E-state index is 14.0. The van der Waals surface area contributed by atoms with Gasteiger partial charge in [0, 0.05) is 6.07 Å². The van der Waals surface area contributed by atoms with Crippen molar-refractivity contribution in [3.8, 4) is 5.75 Å². The van der Waals surface area contributed by atoms with E-state index < -0.39 is 17.7 Å². The molecule has 1 unspecified atom stereocenters.